The summed E-state index contributed by atoms with van der Waals surface area (Å²) in [6.45, 7) is 2.36. The van der Waals surface area contributed by atoms with Crippen molar-refractivity contribution in [3.8, 4) is 22.8 Å². The fourth-order valence-corrected chi connectivity index (χ4v) is 2.69. The number of aromatic nitrogens is 6. The number of halogens is 1. The normalized spacial score (nSPS) is 11.0. The van der Waals surface area contributed by atoms with Crippen molar-refractivity contribution in [2.75, 3.05) is 0 Å². The summed E-state index contributed by atoms with van der Waals surface area (Å²) in [5.74, 6) is 1.42. The van der Waals surface area contributed by atoms with E-state index in [0.29, 0.717) is 22.6 Å². The van der Waals surface area contributed by atoms with Crippen molar-refractivity contribution >= 4 is 11.6 Å². The standard InChI is InChI=1S/C18H15ClN6O/c1-2-12-6-8-13(9-7-12)18-21-24-25(22-18)11-16-20-17(23-26-16)14-4-3-5-15(19)10-14/h3-10H,2,11H2,1H3. The highest BCUT2D eigenvalue weighted by atomic mass is 35.5. The van der Waals surface area contributed by atoms with Crippen molar-refractivity contribution in [2.24, 2.45) is 0 Å². The van der Waals surface area contributed by atoms with Gasteiger partial charge in [0.1, 0.15) is 6.54 Å². The maximum Gasteiger partial charge on any atom is 0.250 e. The molecule has 0 N–H and O–H groups in total. The third kappa shape index (κ3) is 3.48. The Morgan fingerprint density at radius 1 is 1.04 bits per heavy atom. The smallest absolute Gasteiger partial charge is 0.250 e. The molecule has 4 rings (SSSR count). The quantitative estimate of drug-likeness (QED) is 0.536. The number of aryl methyl sites for hydroxylation is 1. The summed E-state index contributed by atoms with van der Waals surface area (Å²) in [7, 11) is 0. The van der Waals surface area contributed by atoms with Crippen LogP contribution < -0.4 is 0 Å². The second-order valence-corrected chi connectivity index (χ2v) is 6.15. The van der Waals surface area contributed by atoms with Crippen LogP contribution in [0.5, 0.6) is 0 Å². The minimum atomic E-state index is 0.244. The lowest BCUT2D eigenvalue weighted by atomic mass is 10.1. The molecular formula is C18H15ClN6O. The molecule has 0 saturated heterocycles. The fraction of sp³-hybridized carbons (Fsp3) is 0.167. The Kier molecular flexibility index (Phi) is 4.45. The molecule has 0 aliphatic rings. The van der Waals surface area contributed by atoms with Crippen molar-refractivity contribution in [1.82, 2.24) is 30.3 Å². The van der Waals surface area contributed by atoms with Crippen LogP contribution in [0.1, 0.15) is 18.4 Å². The third-order valence-electron chi connectivity index (χ3n) is 3.90. The first-order chi connectivity index (χ1) is 12.7. The zero-order chi connectivity index (χ0) is 17.9. The van der Waals surface area contributed by atoms with Gasteiger partial charge in [-0.3, -0.25) is 0 Å². The van der Waals surface area contributed by atoms with Crippen LogP contribution in [0.15, 0.2) is 53.1 Å². The molecule has 0 saturated carbocycles. The summed E-state index contributed by atoms with van der Waals surface area (Å²) >= 11 is 5.99. The van der Waals surface area contributed by atoms with E-state index in [4.69, 9.17) is 16.1 Å². The SMILES string of the molecule is CCc1ccc(-c2nnn(Cc3nc(-c4cccc(Cl)c4)no3)n2)cc1. The van der Waals surface area contributed by atoms with Crippen LogP contribution in [-0.4, -0.2) is 30.3 Å². The molecule has 0 aliphatic carbocycles. The topological polar surface area (TPSA) is 82.5 Å². The molecule has 0 unspecified atom stereocenters. The Bertz CT molecular complexity index is 1020. The van der Waals surface area contributed by atoms with Gasteiger partial charge in [-0.25, -0.2) is 0 Å². The molecule has 8 heteroatoms. The summed E-state index contributed by atoms with van der Waals surface area (Å²) in [6.07, 6.45) is 0.993. The molecule has 7 nitrogen and oxygen atoms in total. The number of hydrogen-bond donors (Lipinski definition) is 0. The van der Waals surface area contributed by atoms with Gasteiger partial charge in [0.05, 0.1) is 0 Å². The zero-order valence-electron chi connectivity index (χ0n) is 14.0. The van der Waals surface area contributed by atoms with Crippen molar-refractivity contribution in [1.29, 1.82) is 0 Å². The van der Waals surface area contributed by atoms with Crippen molar-refractivity contribution in [2.45, 2.75) is 19.9 Å². The van der Waals surface area contributed by atoms with Gasteiger partial charge < -0.3 is 4.52 Å². The zero-order valence-corrected chi connectivity index (χ0v) is 14.8. The van der Waals surface area contributed by atoms with Gasteiger partial charge in [-0.2, -0.15) is 9.78 Å². The molecule has 4 aromatic rings. The van der Waals surface area contributed by atoms with Crippen LogP contribution in [-0.2, 0) is 13.0 Å². The van der Waals surface area contributed by atoms with Crippen molar-refractivity contribution in [3.05, 3.63) is 65.0 Å². The number of benzene rings is 2. The molecule has 26 heavy (non-hydrogen) atoms. The molecule has 0 atom stereocenters. The predicted molar refractivity (Wildman–Crippen MR) is 96.5 cm³/mol. The van der Waals surface area contributed by atoms with E-state index in [9.17, 15) is 0 Å². The molecule has 2 aromatic carbocycles. The van der Waals surface area contributed by atoms with E-state index in [1.807, 2.05) is 24.3 Å². The Morgan fingerprint density at radius 2 is 1.88 bits per heavy atom. The van der Waals surface area contributed by atoms with E-state index in [-0.39, 0.29) is 6.54 Å². The highest BCUT2D eigenvalue weighted by Gasteiger charge is 2.12. The lowest BCUT2D eigenvalue weighted by Crippen LogP contribution is -2.04. The number of nitrogens with zero attached hydrogens (tertiary/aromatic N) is 6. The van der Waals surface area contributed by atoms with Gasteiger partial charge in [0.25, 0.3) is 5.89 Å². The molecule has 0 aliphatic heterocycles. The Balaban J connectivity index is 1.51. The summed E-state index contributed by atoms with van der Waals surface area (Å²) in [6, 6.07) is 15.4. The summed E-state index contributed by atoms with van der Waals surface area (Å²) in [5.41, 5.74) is 2.97. The van der Waals surface area contributed by atoms with Gasteiger partial charge in [-0.15, -0.1) is 10.2 Å². The molecular weight excluding hydrogens is 352 g/mol. The lowest BCUT2D eigenvalue weighted by Gasteiger charge is -1.97. The van der Waals surface area contributed by atoms with Gasteiger partial charge in [0, 0.05) is 16.1 Å². The van der Waals surface area contributed by atoms with Crippen LogP contribution >= 0.6 is 11.6 Å². The van der Waals surface area contributed by atoms with Gasteiger partial charge >= 0.3 is 0 Å². The molecule has 2 heterocycles. The predicted octanol–water partition coefficient (Wildman–Crippen LogP) is 3.65. The third-order valence-corrected chi connectivity index (χ3v) is 4.14. The maximum absolute atomic E-state index is 5.99. The van der Waals surface area contributed by atoms with Crippen molar-refractivity contribution < 1.29 is 4.52 Å². The Labute approximate surface area is 154 Å². The molecule has 130 valence electrons. The van der Waals surface area contributed by atoms with Crippen LogP contribution in [0.2, 0.25) is 5.02 Å². The fourth-order valence-electron chi connectivity index (χ4n) is 2.50. The number of rotatable bonds is 5. The van der Waals surface area contributed by atoms with E-state index in [2.05, 4.69) is 44.6 Å². The second-order valence-electron chi connectivity index (χ2n) is 5.72. The van der Waals surface area contributed by atoms with Gasteiger partial charge in [0.2, 0.25) is 11.6 Å². The monoisotopic (exact) mass is 366 g/mol. The van der Waals surface area contributed by atoms with Gasteiger partial charge in [-0.1, -0.05) is 60.1 Å². The van der Waals surface area contributed by atoms with Crippen LogP contribution in [0.3, 0.4) is 0 Å². The van der Waals surface area contributed by atoms with Crippen LogP contribution in [0, 0.1) is 0 Å². The molecule has 0 spiro atoms. The van der Waals surface area contributed by atoms with E-state index < -0.39 is 0 Å². The van der Waals surface area contributed by atoms with E-state index in [1.165, 1.54) is 10.4 Å². The molecule has 0 radical (unpaired) electrons. The van der Waals surface area contributed by atoms with Crippen molar-refractivity contribution in [3.63, 3.8) is 0 Å². The first kappa shape index (κ1) is 16.4. The largest absolute Gasteiger partial charge is 0.337 e. The molecule has 2 aromatic heterocycles. The summed E-state index contributed by atoms with van der Waals surface area (Å²) in [4.78, 5) is 5.79. The summed E-state index contributed by atoms with van der Waals surface area (Å²) < 4.78 is 5.28. The first-order valence-electron chi connectivity index (χ1n) is 8.17. The maximum atomic E-state index is 5.99. The second kappa shape index (κ2) is 7.05. The molecule has 0 fully saturated rings. The average Bonchev–Trinajstić information content (AvgIpc) is 3.32. The highest BCUT2D eigenvalue weighted by molar-refractivity contribution is 6.30. The summed E-state index contributed by atoms with van der Waals surface area (Å²) in [5, 5.41) is 17.1. The molecule has 0 amide bonds. The van der Waals surface area contributed by atoms with E-state index >= 15 is 0 Å². The van der Waals surface area contributed by atoms with Crippen LogP contribution in [0.25, 0.3) is 22.8 Å². The minimum absolute atomic E-state index is 0.244. The highest BCUT2D eigenvalue weighted by Crippen LogP contribution is 2.20. The van der Waals surface area contributed by atoms with E-state index in [0.717, 1.165) is 17.5 Å². The minimum Gasteiger partial charge on any atom is -0.337 e. The first-order valence-corrected chi connectivity index (χ1v) is 8.54. The van der Waals surface area contributed by atoms with E-state index in [1.54, 1.807) is 12.1 Å². The van der Waals surface area contributed by atoms with Gasteiger partial charge in [-0.05, 0) is 29.3 Å². The Morgan fingerprint density at radius 3 is 2.65 bits per heavy atom. The Hall–Kier alpha value is -3.06. The van der Waals surface area contributed by atoms with Gasteiger partial charge in [0.15, 0.2) is 0 Å². The average molecular weight is 367 g/mol. The number of tetrazole rings is 1. The lowest BCUT2D eigenvalue weighted by molar-refractivity contribution is 0.356. The molecule has 0 bridgehead atoms. The van der Waals surface area contributed by atoms with Crippen LogP contribution in [0.4, 0.5) is 0 Å². The number of hydrogen-bond acceptors (Lipinski definition) is 6.